The van der Waals surface area contributed by atoms with Crippen LogP contribution in [0.25, 0.3) is 0 Å². The Kier molecular flexibility index (Phi) is 3.51. The minimum Gasteiger partial charge on any atom is -0.353 e. The number of carbonyl (C=O) groups is 1. The summed E-state index contributed by atoms with van der Waals surface area (Å²) in [5, 5.41) is 3.75. The Labute approximate surface area is 71.7 Å². The Morgan fingerprint density at radius 2 is 2.42 bits per heavy atom. The Morgan fingerprint density at radius 1 is 1.58 bits per heavy atom. The summed E-state index contributed by atoms with van der Waals surface area (Å²) in [5.41, 5.74) is 0.880. The molecule has 0 saturated heterocycles. The molecule has 0 aliphatic heterocycles. The molecule has 1 aromatic rings. The third kappa shape index (κ3) is 2.49. The maximum absolute atomic E-state index is 10.2. The molecule has 3 heteroatoms. The monoisotopic (exact) mass is 167 g/mol. The van der Waals surface area contributed by atoms with Gasteiger partial charge in [-0.3, -0.25) is 4.79 Å². The van der Waals surface area contributed by atoms with E-state index in [0.29, 0.717) is 12.0 Å². The van der Waals surface area contributed by atoms with Crippen LogP contribution in [-0.4, -0.2) is 11.4 Å². The first-order chi connectivity index (χ1) is 5.86. The van der Waals surface area contributed by atoms with E-state index in [4.69, 9.17) is 4.52 Å². The van der Waals surface area contributed by atoms with Crippen LogP contribution >= 0.6 is 0 Å². The van der Waals surface area contributed by atoms with E-state index >= 15 is 0 Å². The van der Waals surface area contributed by atoms with Crippen LogP contribution in [0.15, 0.2) is 10.6 Å². The van der Waals surface area contributed by atoms with Gasteiger partial charge in [0.2, 0.25) is 0 Å². The average molecular weight is 167 g/mol. The molecule has 0 amide bonds. The van der Waals surface area contributed by atoms with Crippen molar-refractivity contribution in [3.05, 3.63) is 17.5 Å². The van der Waals surface area contributed by atoms with Crippen LogP contribution in [0.4, 0.5) is 0 Å². The van der Waals surface area contributed by atoms with E-state index in [-0.39, 0.29) is 0 Å². The fraction of sp³-hybridized carbons (Fsp3) is 0.556. The van der Waals surface area contributed by atoms with Gasteiger partial charge in [-0.15, -0.1) is 0 Å². The number of rotatable bonds is 5. The van der Waals surface area contributed by atoms with Crippen molar-refractivity contribution in [1.82, 2.24) is 5.16 Å². The Bertz CT molecular complexity index is 242. The normalized spacial score (nSPS) is 10.1. The lowest BCUT2D eigenvalue weighted by Gasteiger charge is -1.91. The van der Waals surface area contributed by atoms with Crippen LogP contribution < -0.4 is 0 Å². The minimum atomic E-state index is 0.321. The van der Waals surface area contributed by atoms with E-state index in [1.807, 2.05) is 0 Å². The topological polar surface area (TPSA) is 43.1 Å². The molecule has 0 unspecified atom stereocenters. The van der Waals surface area contributed by atoms with Gasteiger partial charge in [0.1, 0.15) is 0 Å². The van der Waals surface area contributed by atoms with Crippen molar-refractivity contribution >= 4 is 6.29 Å². The lowest BCUT2D eigenvalue weighted by atomic mass is 10.1. The van der Waals surface area contributed by atoms with Gasteiger partial charge < -0.3 is 4.52 Å². The number of nitrogens with zero attached hydrogens (tertiary/aromatic N) is 1. The van der Waals surface area contributed by atoms with Crippen LogP contribution in [0.1, 0.15) is 42.4 Å². The molecular weight excluding hydrogens is 154 g/mol. The predicted octanol–water partition coefficient (Wildman–Crippen LogP) is 2.22. The fourth-order valence-corrected chi connectivity index (χ4v) is 1.06. The predicted molar refractivity (Wildman–Crippen MR) is 45.1 cm³/mol. The lowest BCUT2D eigenvalue weighted by molar-refractivity contribution is 0.109. The first-order valence-corrected chi connectivity index (χ1v) is 4.27. The van der Waals surface area contributed by atoms with Gasteiger partial charge in [-0.2, -0.15) is 0 Å². The van der Waals surface area contributed by atoms with E-state index in [1.54, 1.807) is 6.07 Å². The number of carbonyl (C=O) groups excluding carboxylic acids is 1. The van der Waals surface area contributed by atoms with Crippen LogP contribution in [0.5, 0.6) is 0 Å². The van der Waals surface area contributed by atoms with Crippen LogP contribution in [0.2, 0.25) is 0 Å². The molecule has 1 heterocycles. The van der Waals surface area contributed by atoms with Gasteiger partial charge in [0.15, 0.2) is 12.0 Å². The Morgan fingerprint density at radius 3 is 3.00 bits per heavy atom. The third-order valence-electron chi connectivity index (χ3n) is 1.73. The van der Waals surface area contributed by atoms with Crippen LogP contribution in [0, 0.1) is 0 Å². The van der Waals surface area contributed by atoms with Gasteiger partial charge in [-0.1, -0.05) is 24.9 Å². The largest absolute Gasteiger partial charge is 0.353 e. The van der Waals surface area contributed by atoms with Gasteiger partial charge >= 0.3 is 0 Å². The standard InChI is InChI=1S/C9H13NO2/c1-2-3-4-5-8-6-9(7-11)12-10-8/h6-7H,2-5H2,1H3. The number of hydrogen-bond acceptors (Lipinski definition) is 3. The van der Waals surface area contributed by atoms with E-state index in [2.05, 4.69) is 12.1 Å². The first-order valence-electron chi connectivity index (χ1n) is 4.27. The second-order valence-electron chi connectivity index (χ2n) is 2.80. The van der Waals surface area contributed by atoms with Gasteiger partial charge in [-0.05, 0) is 12.8 Å². The summed E-state index contributed by atoms with van der Waals surface area (Å²) < 4.78 is 4.73. The third-order valence-corrected chi connectivity index (χ3v) is 1.73. The van der Waals surface area contributed by atoms with Crippen molar-refractivity contribution < 1.29 is 9.32 Å². The lowest BCUT2D eigenvalue weighted by Crippen LogP contribution is -1.83. The molecule has 0 fully saturated rings. The number of unbranched alkanes of at least 4 members (excludes halogenated alkanes) is 2. The van der Waals surface area contributed by atoms with Gasteiger partial charge in [0.25, 0.3) is 0 Å². The van der Waals surface area contributed by atoms with Crippen molar-refractivity contribution in [2.75, 3.05) is 0 Å². The smallest absolute Gasteiger partial charge is 0.199 e. The Hall–Kier alpha value is -1.12. The van der Waals surface area contributed by atoms with Crippen molar-refractivity contribution in [3.63, 3.8) is 0 Å². The average Bonchev–Trinajstić information content (AvgIpc) is 2.53. The van der Waals surface area contributed by atoms with Gasteiger partial charge in [0.05, 0.1) is 5.69 Å². The summed E-state index contributed by atoms with van der Waals surface area (Å²) in [6.07, 6.45) is 5.09. The number of aryl methyl sites for hydroxylation is 1. The summed E-state index contributed by atoms with van der Waals surface area (Å²) in [6, 6.07) is 1.70. The van der Waals surface area contributed by atoms with Crippen molar-refractivity contribution in [2.24, 2.45) is 0 Å². The van der Waals surface area contributed by atoms with Crippen molar-refractivity contribution in [3.8, 4) is 0 Å². The quantitative estimate of drug-likeness (QED) is 0.499. The fourth-order valence-electron chi connectivity index (χ4n) is 1.06. The van der Waals surface area contributed by atoms with E-state index in [1.165, 1.54) is 12.8 Å². The van der Waals surface area contributed by atoms with Gasteiger partial charge in [-0.25, -0.2) is 0 Å². The SMILES string of the molecule is CCCCCc1cc(C=O)on1. The summed E-state index contributed by atoms with van der Waals surface area (Å²) >= 11 is 0. The summed E-state index contributed by atoms with van der Waals surface area (Å²) in [7, 11) is 0. The van der Waals surface area contributed by atoms with E-state index < -0.39 is 0 Å². The molecule has 66 valence electrons. The van der Waals surface area contributed by atoms with Gasteiger partial charge in [0, 0.05) is 6.07 Å². The zero-order valence-electron chi connectivity index (χ0n) is 7.25. The highest BCUT2D eigenvalue weighted by atomic mass is 16.5. The summed E-state index contributed by atoms with van der Waals surface area (Å²) in [4.78, 5) is 10.2. The summed E-state index contributed by atoms with van der Waals surface area (Å²) in [5.74, 6) is 0.321. The molecule has 1 aromatic heterocycles. The first kappa shape index (κ1) is 8.97. The maximum Gasteiger partial charge on any atom is 0.199 e. The zero-order chi connectivity index (χ0) is 8.81. The minimum absolute atomic E-state index is 0.321. The molecule has 0 aromatic carbocycles. The molecule has 0 aliphatic carbocycles. The summed E-state index contributed by atoms with van der Waals surface area (Å²) in [6.45, 7) is 2.15. The molecule has 0 spiro atoms. The van der Waals surface area contributed by atoms with Crippen molar-refractivity contribution in [1.29, 1.82) is 0 Å². The number of aromatic nitrogens is 1. The molecule has 3 nitrogen and oxygen atoms in total. The molecular formula is C9H13NO2. The van der Waals surface area contributed by atoms with Crippen LogP contribution in [-0.2, 0) is 6.42 Å². The highest BCUT2D eigenvalue weighted by Crippen LogP contribution is 2.06. The van der Waals surface area contributed by atoms with Crippen LogP contribution in [0.3, 0.4) is 0 Å². The second kappa shape index (κ2) is 4.70. The second-order valence-corrected chi connectivity index (χ2v) is 2.80. The highest BCUT2D eigenvalue weighted by Gasteiger charge is 2.01. The van der Waals surface area contributed by atoms with E-state index in [9.17, 15) is 4.79 Å². The Balaban J connectivity index is 2.36. The molecule has 12 heavy (non-hydrogen) atoms. The number of aldehydes is 1. The molecule has 0 bridgehead atoms. The maximum atomic E-state index is 10.2. The molecule has 0 aliphatic rings. The zero-order valence-corrected chi connectivity index (χ0v) is 7.25. The molecule has 0 atom stereocenters. The molecule has 0 saturated carbocycles. The highest BCUT2D eigenvalue weighted by molar-refractivity contribution is 5.70. The number of hydrogen-bond donors (Lipinski definition) is 0. The van der Waals surface area contributed by atoms with E-state index in [0.717, 1.165) is 18.5 Å². The van der Waals surface area contributed by atoms with Crippen molar-refractivity contribution in [2.45, 2.75) is 32.6 Å². The molecule has 1 rings (SSSR count). The molecule has 0 N–H and O–H groups in total. The molecule has 0 radical (unpaired) electrons.